The van der Waals surface area contributed by atoms with Crippen molar-refractivity contribution in [1.82, 2.24) is 4.90 Å². The van der Waals surface area contributed by atoms with Gasteiger partial charge in [0.2, 0.25) is 0 Å². The van der Waals surface area contributed by atoms with Crippen molar-refractivity contribution in [2.75, 3.05) is 6.54 Å². The van der Waals surface area contributed by atoms with Crippen LogP contribution in [0.4, 0.5) is 0 Å². The maximum Gasteiger partial charge on any atom is 0.394 e. The van der Waals surface area contributed by atoms with Crippen LogP contribution in [0.2, 0.25) is 0 Å². The number of rotatable bonds is 1. The Morgan fingerprint density at radius 3 is 2.50 bits per heavy atom. The molecule has 0 saturated carbocycles. The number of aliphatic carboxylic acids is 1. The van der Waals surface area contributed by atoms with Gasteiger partial charge in [-0.3, -0.25) is 4.79 Å². The van der Waals surface area contributed by atoms with Gasteiger partial charge in [0.05, 0.1) is 6.04 Å². The standard InChI is InChI=1S/C14H17NO3/c1-10-7-8-12(11-5-3-2-4-6-11)15(9-10)13(16)14(17)18/h2-6,10,12H,7-9H2,1H3,(H,17,18)/t10-,12+/m1/s1. The minimum absolute atomic E-state index is 0.106. The van der Waals surface area contributed by atoms with Crippen molar-refractivity contribution in [2.24, 2.45) is 5.92 Å². The smallest absolute Gasteiger partial charge is 0.394 e. The summed E-state index contributed by atoms with van der Waals surface area (Å²) in [7, 11) is 0. The highest BCUT2D eigenvalue weighted by atomic mass is 16.4. The van der Waals surface area contributed by atoms with Crippen molar-refractivity contribution < 1.29 is 14.7 Å². The van der Waals surface area contributed by atoms with Crippen molar-refractivity contribution in [3.8, 4) is 0 Å². The van der Waals surface area contributed by atoms with Gasteiger partial charge in [-0.1, -0.05) is 37.3 Å². The van der Waals surface area contributed by atoms with Crippen LogP contribution in [0.1, 0.15) is 31.4 Å². The number of likely N-dealkylation sites (tertiary alicyclic amines) is 1. The Balaban J connectivity index is 2.26. The Bertz CT molecular complexity index is 444. The van der Waals surface area contributed by atoms with E-state index in [1.54, 1.807) is 0 Å². The summed E-state index contributed by atoms with van der Waals surface area (Å²) < 4.78 is 0. The van der Waals surface area contributed by atoms with Crippen LogP contribution in [-0.4, -0.2) is 28.4 Å². The molecule has 1 saturated heterocycles. The van der Waals surface area contributed by atoms with Crippen LogP contribution in [0.3, 0.4) is 0 Å². The maximum atomic E-state index is 11.8. The third-order valence-electron chi connectivity index (χ3n) is 3.45. The van der Waals surface area contributed by atoms with Crippen molar-refractivity contribution in [3.63, 3.8) is 0 Å². The summed E-state index contributed by atoms with van der Waals surface area (Å²) >= 11 is 0. The molecule has 1 fully saturated rings. The molecule has 96 valence electrons. The fraction of sp³-hybridized carbons (Fsp3) is 0.429. The second-order valence-electron chi connectivity index (χ2n) is 4.87. The summed E-state index contributed by atoms with van der Waals surface area (Å²) in [6, 6.07) is 9.53. The van der Waals surface area contributed by atoms with Crippen molar-refractivity contribution in [2.45, 2.75) is 25.8 Å². The minimum atomic E-state index is -1.37. The summed E-state index contributed by atoms with van der Waals surface area (Å²) in [6.45, 7) is 2.56. The van der Waals surface area contributed by atoms with Gasteiger partial charge in [0, 0.05) is 6.54 Å². The molecule has 1 aliphatic rings. The Morgan fingerprint density at radius 1 is 1.22 bits per heavy atom. The van der Waals surface area contributed by atoms with Gasteiger partial charge < -0.3 is 10.0 Å². The van der Waals surface area contributed by atoms with Gasteiger partial charge in [-0.2, -0.15) is 0 Å². The van der Waals surface area contributed by atoms with Gasteiger partial charge in [0.1, 0.15) is 0 Å². The van der Waals surface area contributed by atoms with E-state index in [-0.39, 0.29) is 6.04 Å². The highest BCUT2D eigenvalue weighted by Crippen LogP contribution is 2.33. The average molecular weight is 247 g/mol. The SMILES string of the molecule is C[C@@H]1CC[C@@H](c2ccccc2)N(C(=O)C(=O)O)C1. The van der Waals surface area contributed by atoms with Crippen molar-refractivity contribution >= 4 is 11.9 Å². The summed E-state index contributed by atoms with van der Waals surface area (Å²) in [5, 5.41) is 8.89. The third-order valence-corrected chi connectivity index (χ3v) is 3.45. The molecule has 1 aromatic rings. The van der Waals surface area contributed by atoms with E-state index in [4.69, 9.17) is 5.11 Å². The Morgan fingerprint density at radius 2 is 1.89 bits per heavy atom. The molecule has 1 aliphatic heterocycles. The summed E-state index contributed by atoms with van der Waals surface area (Å²) in [5.41, 5.74) is 1.01. The van der Waals surface area contributed by atoms with Crippen LogP contribution in [0.15, 0.2) is 30.3 Å². The molecule has 4 heteroatoms. The second-order valence-corrected chi connectivity index (χ2v) is 4.87. The van der Waals surface area contributed by atoms with E-state index in [0.29, 0.717) is 12.5 Å². The van der Waals surface area contributed by atoms with Gasteiger partial charge in [0.15, 0.2) is 0 Å². The molecule has 1 amide bonds. The van der Waals surface area contributed by atoms with Gasteiger partial charge in [-0.15, -0.1) is 0 Å². The first-order valence-electron chi connectivity index (χ1n) is 6.18. The first-order chi connectivity index (χ1) is 8.59. The van der Waals surface area contributed by atoms with E-state index < -0.39 is 11.9 Å². The highest BCUT2D eigenvalue weighted by Gasteiger charge is 2.33. The largest absolute Gasteiger partial charge is 0.474 e. The number of piperidine rings is 1. The number of carbonyl (C=O) groups excluding carboxylic acids is 1. The molecule has 4 nitrogen and oxygen atoms in total. The predicted octanol–water partition coefficient (Wildman–Crippen LogP) is 2.07. The number of benzene rings is 1. The van der Waals surface area contributed by atoms with Crippen LogP contribution >= 0.6 is 0 Å². The van der Waals surface area contributed by atoms with Crippen molar-refractivity contribution in [1.29, 1.82) is 0 Å². The Kier molecular flexibility index (Phi) is 3.65. The number of carboxylic acid groups (broad SMARTS) is 1. The average Bonchev–Trinajstić information content (AvgIpc) is 2.38. The summed E-state index contributed by atoms with van der Waals surface area (Å²) in [6.07, 6.45) is 1.84. The van der Waals surface area contributed by atoms with Gasteiger partial charge in [-0.05, 0) is 24.3 Å². The molecule has 1 N–H and O–H groups in total. The van der Waals surface area contributed by atoms with Crippen LogP contribution in [0.5, 0.6) is 0 Å². The normalized spacial score (nSPS) is 23.7. The maximum absolute atomic E-state index is 11.8. The minimum Gasteiger partial charge on any atom is -0.474 e. The monoisotopic (exact) mass is 247 g/mol. The first kappa shape index (κ1) is 12.6. The third kappa shape index (κ3) is 2.53. The Hall–Kier alpha value is -1.84. The molecule has 0 radical (unpaired) electrons. The molecule has 2 rings (SSSR count). The molecule has 1 heterocycles. The van der Waals surface area contributed by atoms with Gasteiger partial charge in [0.25, 0.3) is 0 Å². The topological polar surface area (TPSA) is 57.6 Å². The molecule has 2 atom stereocenters. The summed E-state index contributed by atoms with van der Waals surface area (Å²) in [4.78, 5) is 24.1. The van der Waals surface area contributed by atoms with Crippen LogP contribution < -0.4 is 0 Å². The lowest BCUT2D eigenvalue weighted by atomic mass is 9.90. The van der Waals surface area contributed by atoms with E-state index in [1.807, 2.05) is 37.3 Å². The van der Waals surface area contributed by atoms with Crippen LogP contribution in [0, 0.1) is 5.92 Å². The highest BCUT2D eigenvalue weighted by molar-refractivity contribution is 6.31. The van der Waals surface area contributed by atoms with E-state index in [1.165, 1.54) is 4.90 Å². The van der Waals surface area contributed by atoms with Gasteiger partial charge in [-0.25, -0.2) is 4.79 Å². The summed E-state index contributed by atoms with van der Waals surface area (Å²) in [5.74, 6) is -1.81. The number of hydrogen-bond donors (Lipinski definition) is 1. The number of carboxylic acids is 1. The molecule has 18 heavy (non-hydrogen) atoms. The fourth-order valence-corrected chi connectivity index (χ4v) is 2.52. The number of nitrogens with zero attached hydrogens (tertiary/aromatic N) is 1. The number of hydrogen-bond acceptors (Lipinski definition) is 2. The molecule has 0 aromatic heterocycles. The molecule has 0 aliphatic carbocycles. The molecule has 0 unspecified atom stereocenters. The predicted molar refractivity (Wildman–Crippen MR) is 66.9 cm³/mol. The zero-order valence-electron chi connectivity index (χ0n) is 10.4. The second kappa shape index (κ2) is 5.21. The number of amides is 1. The van der Waals surface area contributed by atoms with E-state index >= 15 is 0 Å². The van der Waals surface area contributed by atoms with Crippen LogP contribution in [-0.2, 0) is 9.59 Å². The molecular formula is C14H17NO3. The zero-order valence-corrected chi connectivity index (χ0v) is 10.4. The van der Waals surface area contributed by atoms with E-state index in [2.05, 4.69) is 0 Å². The molecule has 0 bridgehead atoms. The Labute approximate surface area is 106 Å². The lowest BCUT2D eigenvalue weighted by Gasteiger charge is -2.38. The zero-order chi connectivity index (χ0) is 13.1. The molecule has 1 aromatic carbocycles. The first-order valence-corrected chi connectivity index (χ1v) is 6.18. The molecular weight excluding hydrogens is 230 g/mol. The molecule has 0 spiro atoms. The van der Waals surface area contributed by atoms with Crippen LogP contribution in [0.25, 0.3) is 0 Å². The van der Waals surface area contributed by atoms with Gasteiger partial charge >= 0.3 is 11.9 Å². The van der Waals surface area contributed by atoms with E-state index in [0.717, 1.165) is 18.4 Å². The van der Waals surface area contributed by atoms with Crippen molar-refractivity contribution in [3.05, 3.63) is 35.9 Å². The lowest BCUT2D eigenvalue weighted by Crippen LogP contribution is -2.44. The lowest BCUT2D eigenvalue weighted by molar-refractivity contribution is -0.158. The van der Waals surface area contributed by atoms with E-state index in [9.17, 15) is 9.59 Å². The quantitative estimate of drug-likeness (QED) is 0.773. The number of carbonyl (C=O) groups is 2. The fourth-order valence-electron chi connectivity index (χ4n) is 2.52.